The number of benzene rings is 1. The third-order valence-electron chi connectivity index (χ3n) is 1.45. The van der Waals surface area contributed by atoms with Gasteiger partial charge in [0.05, 0.1) is 0 Å². The molecular weight excluding hydrogens is 259 g/mol. The number of carbonyl (C=O) groups excluding carboxylic acids is 3. The van der Waals surface area contributed by atoms with E-state index in [1.807, 2.05) is 0 Å². The Balaban J connectivity index is 3.14. The highest BCUT2D eigenvalue weighted by atomic mass is 35.5. The third kappa shape index (κ3) is 3.22. The second-order valence-electron chi connectivity index (χ2n) is 2.38. The predicted octanol–water partition coefficient (Wildman–Crippen LogP) is 2.77. The second-order valence-corrected chi connectivity index (χ2v) is 3.00. The van der Waals surface area contributed by atoms with Crippen molar-refractivity contribution < 1.29 is 23.9 Å². The molecule has 1 rings (SSSR count). The first-order valence-corrected chi connectivity index (χ1v) is 4.54. The van der Waals surface area contributed by atoms with Gasteiger partial charge in [-0.1, -0.05) is 0 Å². The van der Waals surface area contributed by atoms with Crippen LogP contribution >= 0.6 is 23.2 Å². The first-order valence-electron chi connectivity index (χ1n) is 3.79. The van der Waals surface area contributed by atoms with Crippen LogP contribution in [0.2, 0.25) is 0 Å². The van der Waals surface area contributed by atoms with Crippen LogP contribution in [-0.2, 0) is 0 Å². The number of hydrogen-bond donors (Lipinski definition) is 0. The van der Waals surface area contributed by atoms with Crippen LogP contribution < -0.4 is 9.47 Å². The highest BCUT2D eigenvalue weighted by Crippen LogP contribution is 2.27. The summed E-state index contributed by atoms with van der Waals surface area (Å²) in [5, 5.41) is 0. The number of carbonyl (C=O) groups is 3. The topological polar surface area (TPSA) is 69.7 Å². The Morgan fingerprint density at radius 1 is 1.25 bits per heavy atom. The van der Waals surface area contributed by atoms with Gasteiger partial charge in [-0.15, -0.1) is 0 Å². The molecule has 1 aromatic rings. The molecule has 0 aliphatic carbocycles. The molecule has 16 heavy (non-hydrogen) atoms. The van der Waals surface area contributed by atoms with Crippen LogP contribution in [0.3, 0.4) is 0 Å². The fourth-order valence-electron chi connectivity index (χ4n) is 0.924. The summed E-state index contributed by atoms with van der Waals surface area (Å²) in [6, 6.07) is 4.97. The van der Waals surface area contributed by atoms with Gasteiger partial charge in [-0.25, -0.2) is 9.59 Å². The Labute approximate surface area is 99.8 Å². The van der Waals surface area contributed by atoms with Crippen molar-refractivity contribution >= 4 is 40.3 Å². The van der Waals surface area contributed by atoms with E-state index in [1.165, 1.54) is 12.1 Å². The molecule has 0 N–H and O–H groups in total. The molecule has 83 valence electrons. The zero-order valence-electron chi connectivity index (χ0n) is 7.53. The predicted molar refractivity (Wildman–Crippen MR) is 54.4 cm³/mol. The summed E-state index contributed by atoms with van der Waals surface area (Å²) < 4.78 is 8.96. The molecule has 5 nitrogen and oxygen atoms in total. The lowest BCUT2D eigenvalue weighted by Crippen LogP contribution is -2.04. The zero-order chi connectivity index (χ0) is 12.1. The van der Waals surface area contributed by atoms with Gasteiger partial charge >= 0.3 is 10.9 Å². The zero-order valence-corrected chi connectivity index (χ0v) is 9.04. The molecule has 0 fully saturated rings. The summed E-state index contributed by atoms with van der Waals surface area (Å²) in [7, 11) is 0. The van der Waals surface area contributed by atoms with Crippen LogP contribution in [0, 0.1) is 6.07 Å². The Hall–Kier alpha value is -1.59. The van der Waals surface area contributed by atoms with Gasteiger partial charge in [0.15, 0.2) is 12.0 Å². The maximum absolute atomic E-state index is 10.7. The van der Waals surface area contributed by atoms with E-state index < -0.39 is 10.9 Å². The van der Waals surface area contributed by atoms with Crippen LogP contribution in [0.15, 0.2) is 12.1 Å². The van der Waals surface area contributed by atoms with Gasteiger partial charge in [0, 0.05) is 29.3 Å². The quantitative estimate of drug-likeness (QED) is 0.618. The van der Waals surface area contributed by atoms with E-state index in [0.717, 1.165) is 0 Å². The van der Waals surface area contributed by atoms with Gasteiger partial charge in [-0.05, 0) is 12.1 Å². The molecule has 0 amide bonds. The summed E-state index contributed by atoms with van der Waals surface area (Å²) in [6.45, 7) is 0. The molecule has 0 aliphatic heterocycles. The summed E-state index contributed by atoms with van der Waals surface area (Å²) in [5.41, 5.74) is -2.46. The van der Waals surface area contributed by atoms with E-state index in [1.54, 1.807) is 0 Å². The van der Waals surface area contributed by atoms with Crippen molar-refractivity contribution in [2.75, 3.05) is 0 Å². The first kappa shape index (κ1) is 12.5. The van der Waals surface area contributed by atoms with E-state index in [-0.39, 0.29) is 17.1 Å². The van der Waals surface area contributed by atoms with Crippen LogP contribution in [0.4, 0.5) is 9.59 Å². The van der Waals surface area contributed by atoms with Crippen molar-refractivity contribution in [3.8, 4) is 11.5 Å². The Morgan fingerprint density at radius 2 is 1.88 bits per heavy atom. The fourth-order valence-corrected chi connectivity index (χ4v) is 1.08. The molecule has 0 aromatic heterocycles. The number of rotatable bonds is 3. The number of hydrogen-bond acceptors (Lipinski definition) is 5. The maximum Gasteiger partial charge on any atom is 0.409 e. The number of halogens is 2. The van der Waals surface area contributed by atoms with Gasteiger partial charge in [-0.2, -0.15) is 0 Å². The summed E-state index contributed by atoms with van der Waals surface area (Å²) in [4.78, 5) is 31.7. The average Bonchev–Trinajstić information content (AvgIpc) is 2.16. The maximum atomic E-state index is 10.7. The fraction of sp³-hybridized carbons (Fsp3) is 0. The van der Waals surface area contributed by atoms with Gasteiger partial charge in [0.25, 0.3) is 0 Å². The molecule has 0 bridgehead atoms. The van der Waals surface area contributed by atoms with Crippen molar-refractivity contribution in [3.05, 3.63) is 23.8 Å². The van der Waals surface area contributed by atoms with Crippen molar-refractivity contribution in [2.24, 2.45) is 0 Å². The van der Waals surface area contributed by atoms with Crippen molar-refractivity contribution in [1.82, 2.24) is 0 Å². The van der Waals surface area contributed by atoms with Crippen molar-refractivity contribution in [2.45, 2.75) is 0 Å². The first-order chi connectivity index (χ1) is 7.54. The Bertz CT molecular complexity index is 409. The molecule has 0 saturated carbocycles. The molecule has 0 saturated heterocycles. The molecule has 0 heterocycles. The number of ether oxygens (including phenoxy) is 2. The minimum atomic E-state index is -1.14. The SMILES string of the molecule is O=Cc1c(OC(=O)Cl)[c]ccc1OC(=O)Cl. The van der Waals surface area contributed by atoms with E-state index in [9.17, 15) is 14.4 Å². The molecule has 0 aliphatic rings. The van der Waals surface area contributed by atoms with Crippen LogP contribution in [-0.4, -0.2) is 17.1 Å². The molecule has 0 unspecified atom stereocenters. The molecule has 7 heteroatoms. The monoisotopic (exact) mass is 261 g/mol. The molecule has 0 atom stereocenters. The molecule has 0 spiro atoms. The molecule has 1 aromatic carbocycles. The van der Waals surface area contributed by atoms with E-state index in [4.69, 9.17) is 23.2 Å². The summed E-state index contributed by atoms with van der Waals surface area (Å²) >= 11 is 9.95. The summed E-state index contributed by atoms with van der Waals surface area (Å²) in [5.74, 6) is -0.396. The highest BCUT2D eigenvalue weighted by molar-refractivity contribution is 6.61. The van der Waals surface area contributed by atoms with Gasteiger partial charge in [0.2, 0.25) is 0 Å². The van der Waals surface area contributed by atoms with Crippen molar-refractivity contribution in [3.63, 3.8) is 0 Å². The summed E-state index contributed by atoms with van der Waals surface area (Å²) in [6.07, 6.45) is 0.320. The smallest absolute Gasteiger partial charge is 0.409 e. The molecular formula is C9H3Cl2O5. The molecule has 1 radical (unpaired) electrons. The van der Waals surface area contributed by atoms with Gasteiger partial charge in [-0.3, -0.25) is 4.79 Å². The lowest BCUT2D eigenvalue weighted by Gasteiger charge is -2.06. The average molecular weight is 262 g/mol. The lowest BCUT2D eigenvalue weighted by atomic mass is 10.2. The van der Waals surface area contributed by atoms with E-state index in [0.29, 0.717) is 6.29 Å². The number of aldehydes is 1. The minimum absolute atomic E-state index is 0.151. The normalized spacial score (nSPS) is 9.38. The third-order valence-corrected chi connectivity index (χ3v) is 1.60. The van der Waals surface area contributed by atoms with E-state index >= 15 is 0 Å². The largest absolute Gasteiger partial charge is 0.414 e. The van der Waals surface area contributed by atoms with Crippen LogP contribution in [0.25, 0.3) is 0 Å². The van der Waals surface area contributed by atoms with Gasteiger partial charge in [0.1, 0.15) is 11.3 Å². The van der Waals surface area contributed by atoms with Crippen LogP contribution in [0.1, 0.15) is 10.4 Å². The van der Waals surface area contributed by atoms with E-state index in [2.05, 4.69) is 15.5 Å². The highest BCUT2D eigenvalue weighted by Gasteiger charge is 2.14. The van der Waals surface area contributed by atoms with Gasteiger partial charge < -0.3 is 9.47 Å². The second kappa shape index (κ2) is 5.48. The van der Waals surface area contributed by atoms with Crippen molar-refractivity contribution in [1.29, 1.82) is 0 Å². The Morgan fingerprint density at radius 3 is 2.38 bits per heavy atom. The lowest BCUT2D eigenvalue weighted by molar-refractivity contribution is 0.111. The van der Waals surface area contributed by atoms with Crippen LogP contribution in [0.5, 0.6) is 11.5 Å². The minimum Gasteiger partial charge on any atom is -0.414 e. The Kier molecular flexibility index (Phi) is 4.28. The standard InChI is InChI=1S/C9H3Cl2O5/c10-8(13)15-6-2-1-3-7(5(6)4-12)16-9(11)14/h1-2,4H.